The lowest BCUT2D eigenvalue weighted by molar-refractivity contribution is -0.384. The number of nitrogens with zero attached hydrogens (tertiary/aromatic N) is 2. The molecule has 2 heterocycles. The zero-order valence-electron chi connectivity index (χ0n) is 16.7. The second-order valence-corrected chi connectivity index (χ2v) is 7.48. The van der Waals surface area contributed by atoms with Crippen LogP contribution in [0, 0.1) is 10.1 Å². The second-order valence-electron chi connectivity index (χ2n) is 7.48. The molecule has 30 heavy (non-hydrogen) atoms. The molecule has 7 nitrogen and oxygen atoms in total. The van der Waals surface area contributed by atoms with Crippen molar-refractivity contribution in [3.63, 3.8) is 0 Å². The van der Waals surface area contributed by atoms with Crippen molar-refractivity contribution >= 4 is 23.0 Å². The van der Waals surface area contributed by atoms with Crippen LogP contribution in [0.15, 0.2) is 65.1 Å². The Morgan fingerprint density at radius 1 is 1.10 bits per heavy atom. The number of nitro groups is 1. The molecule has 1 N–H and O–H groups in total. The van der Waals surface area contributed by atoms with E-state index in [0.717, 1.165) is 12.2 Å². The first-order chi connectivity index (χ1) is 14.5. The maximum atomic E-state index is 12.6. The van der Waals surface area contributed by atoms with Crippen molar-refractivity contribution in [2.75, 3.05) is 16.8 Å². The van der Waals surface area contributed by atoms with Gasteiger partial charge in [-0.3, -0.25) is 14.9 Å². The third-order valence-corrected chi connectivity index (χ3v) is 5.46. The van der Waals surface area contributed by atoms with Gasteiger partial charge in [0.2, 0.25) is 0 Å². The van der Waals surface area contributed by atoms with Crippen LogP contribution in [0.5, 0.6) is 0 Å². The van der Waals surface area contributed by atoms with Gasteiger partial charge < -0.3 is 14.6 Å². The summed E-state index contributed by atoms with van der Waals surface area (Å²) in [6.45, 7) is 3.29. The minimum Gasteiger partial charge on any atom is -0.451 e. The highest BCUT2D eigenvalue weighted by molar-refractivity contribution is 6.02. The van der Waals surface area contributed by atoms with Crippen LogP contribution in [0.4, 0.5) is 17.1 Å². The van der Waals surface area contributed by atoms with Gasteiger partial charge in [0.15, 0.2) is 5.76 Å². The topological polar surface area (TPSA) is 88.6 Å². The zero-order chi connectivity index (χ0) is 21.1. The minimum atomic E-state index is -0.470. The number of hydrogen-bond donors (Lipinski definition) is 1. The molecule has 1 fully saturated rings. The van der Waals surface area contributed by atoms with Crippen molar-refractivity contribution in [2.45, 2.75) is 32.2 Å². The molecule has 1 amide bonds. The highest BCUT2D eigenvalue weighted by Crippen LogP contribution is 2.31. The number of anilines is 2. The summed E-state index contributed by atoms with van der Waals surface area (Å²) in [5.41, 5.74) is 2.08. The van der Waals surface area contributed by atoms with Crippen molar-refractivity contribution in [2.24, 2.45) is 0 Å². The van der Waals surface area contributed by atoms with Crippen LogP contribution < -0.4 is 10.2 Å². The smallest absolute Gasteiger partial charge is 0.291 e. The van der Waals surface area contributed by atoms with Gasteiger partial charge in [0, 0.05) is 30.0 Å². The summed E-state index contributed by atoms with van der Waals surface area (Å²) < 4.78 is 5.60. The molecule has 0 radical (unpaired) electrons. The second kappa shape index (κ2) is 8.41. The van der Waals surface area contributed by atoms with E-state index in [4.69, 9.17) is 4.42 Å². The number of carbonyl (C=O) groups excluding carboxylic acids is 1. The van der Waals surface area contributed by atoms with Crippen molar-refractivity contribution in [3.05, 3.63) is 76.5 Å². The molecule has 0 aliphatic carbocycles. The molecule has 7 heteroatoms. The number of nitro benzene ring substituents is 1. The van der Waals surface area contributed by atoms with Gasteiger partial charge in [0.1, 0.15) is 5.76 Å². The Labute approximate surface area is 174 Å². The Morgan fingerprint density at radius 3 is 2.60 bits per heavy atom. The van der Waals surface area contributed by atoms with Gasteiger partial charge in [-0.25, -0.2) is 0 Å². The van der Waals surface area contributed by atoms with Gasteiger partial charge in [-0.2, -0.15) is 0 Å². The molecule has 1 atom stereocenters. The standard InChI is InChI=1S/C23H23N3O4/c1-16-6-4-5-15-25(16)18-11-9-17(10-12-18)24-23(27)22-14-13-21(30-22)19-7-2-3-8-20(19)26(28)29/h2-3,7-14,16H,4-6,15H2,1H3,(H,24,27)/t16-/m0/s1. The maximum Gasteiger partial charge on any atom is 0.291 e. The normalized spacial score (nSPS) is 16.3. The molecule has 1 saturated heterocycles. The summed E-state index contributed by atoms with van der Waals surface area (Å²) in [7, 11) is 0. The van der Waals surface area contributed by atoms with Crippen LogP contribution in [0.3, 0.4) is 0 Å². The third-order valence-electron chi connectivity index (χ3n) is 5.46. The van der Waals surface area contributed by atoms with Crippen LogP contribution in [-0.4, -0.2) is 23.4 Å². The molecule has 4 rings (SSSR count). The van der Waals surface area contributed by atoms with Crippen molar-refractivity contribution in [3.8, 4) is 11.3 Å². The fraction of sp³-hybridized carbons (Fsp3) is 0.261. The number of carbonyl (C=O) groups is 1. The largest absolute Gasteiger partial charge is 0.451 e. The monoisotopic (exact) mass is 405 g/mol. The van der Waals surface area contributed by atoms with Gasteiger partial charge in [0.05, 0.1) is 10.5 Å². The van der Waals surface area contributed by atoms with E-state index in [1.807, 2.05) is 24.3 Å². The molecule has 0 bridgehead atoms. The van der Waals surface area contributed by atoms with E-state index in [9.17, 15) is 14.9 Å². The first kappa shape index (κ1) is 19.7. The number of benzene rings is 2. The average Bonchev–Trinajstić information content (AvgIpc) is 3.25. The lowest BCUT2D eigenvalue weighted by atomic mass is 10.0. The summed E-state index contributed by atoms with van der Waals surface area (Å²) in [5.74, 6) is -0.0299. The highest BCUT2D eigenvalue weighted by atomic mass is 16.6. The zero-order valence-corrected chi connectivity index (χ0v) is 16.7. The molecule has 2 aromatic carbocycles. The molecule has 1 aromatic heterocycles. The van der Waals surface area contributed by atoms with E-state index in [0.29, 0.717) is 17.3 Å². The number of piperidine rings is 1. The quantitative estimate of drug-likeness (QED) is 0.448. The van der Waals surface area contributed by atoms with Gasteiger partial charge in [0.25, 0.3) is 11.6 Å². The average molecular weight is 405 g/mol. The van der Waals surface area contributed by atoms with E-state index in [2.05, 4.69) is 17.1 Å². The minimum absolute atomic E-state index is 0.0682. The van der Waals surface area contributed by atoms with Gasteiger partial charge in [-0.15, -0.1) is 0 Å². The number of rotatable bonds is 5. The lowest BCUT2D eigenvalue weighted by Crippen LogP contribution is -2.37. The van der Waals surface area contributed by atoms with E-state index >= 15 is 0 Å². The van der Waals surface area contributed by atoms with Crippen LogP contribution >= 0.6 is 0 Å². The van der Waals surface area contributed by atoms with Gasteiger partial charge in [-0.1, -0.05) is 12.1 Å². The van der Waals surface area contributed by atoms with Crippen LogP contribution in [-0.2, 0) is 0 Å². The van der Waals surface area contributed by atoms with Crippen LogP contribution in [0.25, 0.3) is 11.3 Å². The summed E-state index contributed by atoms with van der Waals surface area (Å²) in [4.78, 5) is 25.7. The predicted molar refractivity (Wildman–Crippen MR) is 116 cm³/mol. The Morgan fingerprint density at radius 2 is 1.87 bits per heavy atom. The van der Waals surface area contributed by atoms with Crippen molar-refractivity contribution in [1.82, 2.24) is 0 Å². The van der Waals surface area contributed by atoms with Gasteiger partial charge >= 0.3 is 0 Å². The van der Waals surface area contributed by atoms with Crippen molar-refractivity contribution < 1.29 is 14.1 Å². The number of hydrogen-bond acceptors (Lipinski definition) is 5. The number of amides is 1. The molecule has 3 aromatic rings. The summed E-state index contributed by atoms with van der Waals surface area (Å²) in [6, 6.07) is 17.7. The number of para-hydroxylation sites is 1. The molecular formula is C23H23N3O4. The van der Waals surface area contributed by atoms with E-state index in [1.165, 1.54) is 31.4 Å². The Balaban J connectivity index is 1.47. The molecule has 1 aliphatic rings. The number of furan rings is 1. The third kappa shape index (κ3) is 4.05. The summed E-state index contributed by atoms with van der Waals surface area (Å²) >= 11 is 0. The molecule has 154 valence electrons. The van der Waals surface area contributed by atoms with Crippen molar-refractivity contribution in [1.29, 1.82) is 0 Å². The molecule has 1 aliphatic heterocycles. The highest BCUT2D eigenvalue weighted by Gasteiger charge is 2.20. The Kier molecular flexibility index (Phi) is 5.52. The fourth-order valence-corrected chi connectivity index (χ4v) is 3.86. The van der Waals surface area contributed by atoms with E-state index in [-0.39, 0.29) is 17.2 Å². The summed E-state index contributed by atoms with van der Waals surface area (Å²) in [6.07, 6.45) is 3.66. The predicted octanol–water partition coefficient (Wildman–Crippen LogP) is 5.49. The Bertz CT molecular complexity index is 1060. The molecule has 0 saturated carbocycles. The fourth-order valence-electron chi connectivity index (χ4n) is 3.86. The SMILES string of the molecule is C[C@H]1CCCCN1c1ccc(NC(=O)c2ccc(-c3ccccc3[N+](=O)[O-])o2)cc1. The first-order valence-electron chi connectivity index (χ1n) is 10.0. The van der Waals surface area contributed by atoms with E-state index in [1.54, 1.807) is 24.3 Å². The van der Waals surface area contributed by atoms with Gasteiger partial charge in [-0.05, 0) is 68.7 Å². The molecule has 0 unspecified atom stereocenters. The first-order valence-corrected chi connectivity index (χ1v) is 10.0. The molecule has 0 spiro atoms. The summed E-state index contributed by atoms with van der Waals surface area (Å²) in [5, 5.41) is 14.0. The van der Waals surface area contributed by atoms with Crippen LogP contribution in [0.2, 0.25) is 0 Å². The van der Waals surface area contributed by atoms with Crippen LogP contribution in [0.1, 0.15) is 36.7 Å². The van der Waals surface area contributed by atoms with E-state index < -0.39 is 10.8 Å². The lowest BCUT2D eigenvalue weighted by Gasteiger charge is -2.35. The Hall–Kier alpha value is -3.61. The maximum absolute atomic E-state index is 12.6. The molecular weight excluding hydrogens is 382 g/mol. The number of nitrogens with one attached hydrogen (secondary N) is 1.